The summed E-state index contributed by atoms with van der Waals surface area (Å²) >= 11 is 0. The van der Waals surface area contributed by atoms with Crippen LogP contribution in [0.4, 0.5) is 5.69 Å². The monoisotopic (exact) mass is 422 g/mol. The first-order valence-electron chi connectivity index (χ1n) is 8.85. The van der Waals surface area contributed by atoms with Crippen molar-refractivity contribution in [1.82, 2.24) is 5.32 Å². The van der Waals surface area contributed by atoms with Crippen LogP contribution in [-0.2, 0) is 26.3 Å². The van der Waals surface area contributed by atoms with E-state index < -0.39 is 19.9 Å². The topological polar surface area (TPSA) is 101 Å². The van der Waals surface area contributed by atoms with Crippen LogP contribution in [0.25, 0.3) is 0 Å². The molecule has 0 aromatic heterocycles. The Morgan fingerprint density at radius 2 is 1.79 bits per heavy atom. The lowest BCUT2D eigenvalue weighted by Crippen LogP contribution is -2.27. The highest BCUT2D eigenvalue weighted by atomic mass is 32.2. The summed E-state index contributed by atoms with van der Waals surface area (Å²) in [6.45, 7) is 0.605. The molecule has 2 aromatic rings. The zero-order valence-electron chi connectivity index (χ0n) is 15.5. The maximum Gasteiger partial charge on any atom is 0.251 e. The van der Waals surface area contributed by atoms with Gasteiger partial charge in [-0.3, -0.25) is 9.10 Å². The number of carbonyl (C=O) groups excluding carboxylic acids is 1. The standard InChI is InChI=1S/C19H22N2O5S2/c1-27(23,24)21-12-10-15-14-16(8-9-18(15)21)19(22)20-11-5-13-28(25,26)17-6-3-2-4-7-17/h2-4,6-9,14H,5,10-13H2,1H3,(H,20,22). The van der Waals surface area contributed by atoms with Gasteiger partial charge in [-0.05, 0) is 48.7 Å². The van der Waals surface area contributed by atoms with Crippen LogP contribution in [0.1, 0.15) is 22.3 Å². The Kier molecular flexibility index (Phi) is 5.76. The number of hydrogen-bond donors (Lipinski definition) is 1. The number of sulfonamides is 1. The summed E-state index contributed by atoms with van der Waals surface area (Å²) in [5.41, 5.74) is 1.85. The van der Waals surface area contributed by atoms with E-state index in [1.54, 1.807) is 48.5 Å². The highest BCUT2D eigenvalue weighted by Gasteiger charge is 2.26. The number of nitrogens with one attached hydrogen (secondary N) is 1. The fourth-order valence-electron chi connectivity index (χ4n) is 3.17. The van der Waals surface area contributed by atoms with Crippen molar-refractivity contribution in [2.75, 3.05) is 29.4 Å². The predicted molar refractivity (Wildman–Crippen MR) is 108 cm³/mol. The Morgan fingerprint density at radius 1 is 1.07 bits per heavy atom. The van der Waals surface area contributed by atoms with Gasteiger partial charge < -0.3 is 5.32 Å². The summed E-state index contributed by atoms with van der Waals surface area (Å²) in [5.74, 6) is -0.358. The molecule has 0 aliphatic carbocycles. The zero-order chi connectivity index (χ0) is 20.4. The molecule has 0 bridgehead atoms. The second-order valence-electron chi connectivity index (χ2n) is 6.67. The van der Waals surface area contributed by atoms with Crippen LogP contribution in [0.3, 0.4) is 0 Å². The number of fused-ring (bicyclic) bond motifs is 1. The third-order valence-corrected chi connectivity index (χ3v) is 7.57. The molecule has 0 saturated heterocycles. The lowest BCUT2D eigenvalue weighted by Gasteiger charge is -2.16. The van der Waals surface area contributed by atoms with Crippen LogP contribution < -0.4 is 9.62 Å². The minimum absolute atomic E-state index is 0.0508. The average molecular weight is 423 g/mol. The van der Waals surface area contributed by atoms with Gasteiger partial charge in [0.15, 0.2) is 9.84 Å². The van der Waals surface area contributed by atoms with Gasteiger partial charge in [-0.2, -0.15) is 0 Å². The minimum atomic E-state index is -3.36. The van der Waals surface area contributed by atoms with Gasteiger partial charge in [-0.15, -0.1) is 0 Å². The maximum atomic E-state index is 12.3. The van der Waals surface area contributed by atoms with Gasteiger partial charge >= 0.3 is 0 Å². The van der Waals surface area contributed by atoms with E-state index in [2.05, 4.69) is 5.32 Å². The molecular formula is C19H22N2O5S2. The van der Waals surface area contributed by atoms with E-state index in [4.69, 9.17) is 0 Å². The molecule has 0 radical (unpaired) electrons. The predicted octanol–water partition coefficient (Wildman–Crippen LogP) is 1.60. The Morgan fingerprint density at radius 3 is 2.46 bits per heavy atom. The summed E-state index contributed by atoms with van der Waals surface area (Å²) in [5, 5.41) is 2.72. The van der Waals surface area contributed by atoms with E-state index in [0.29, 0.717) is 30.6 Å². The number of hydrogen-bond acceptors (Lipinski definition) is 5. The van der Waals surface area contributed by atoms with Crippen LogP contribution in [0.2, 0.25) is 0 Å². The van der Waals surface area contributed by atoms with Gasteiger partial charge in [0.25, 0.3) is 5.91 Å². The summed E-state index contributed by atoms with van der Waals surface area (Å²) in [4.78, 5) is 12.6. The molecule has 0 unspecified atom stereocenters. The SMILES string of the molecule is CS(=O)(=O)N1CCc2cc(C(=O)NCCCS(=O)(=O)c3ccccc3)ccc21. The van der Waals surface area contributed by atoms with Crippen molar-refractivity contribution in [2.45, 2.75) is 17.7 Å². The summed E-state index contributed by atoms with van der Waals surface area (Å²) in [6.07, 6.45) is 2.01. The fraction of sp³-hybridized carbons (Fsp3) is 0.316. The molecular weight excluding hydrogens is 400 g/mol. The highest BCUT2D eigenvalue weighted by molar-refractivity contribution is 7.92. The zero-order valence-corrected chi connectivity index (χ0v) is 17.1. The van der Waals surface area contributed by atoms with E-state index in [1.165, 1.54) is 4.31 Å². The Bertz CT molecular complexity index is 1080. The number of benzene rings is 2. The van der Waals surface area contributed by atoms with Crippen molar-refractivity contribution in [2.24, 2.45) is 0 Å². The van der Waals surface area contributed by atoms with Crippen molar-refractivity contribution in [3.63, 3.8) is 0 Å². The van der Waals surface area contributed by atoms with Gasteiger partial charge in [0, 0.05) is 18.7 Å². The molecule has 28 heavy (non-hydrogen) atoms. The Balaban J connectivity index is 1.56. The highest BCUT2D eigenvalue weighted by Crippen LogP contribution is 2.30. The van der Waals surface area contributed by atoms with Crippen molar-refractivity contribution in [1.29, 1.82) is 0 Å². The van der Waals surface area contributed by atoms with Crippen molar-refractivity contribution in [3.8, 4) is 0 Å². The van der Waals surface area contributed by atoms with Crippen molar-refractivity contribution in [3.05, 3.63) is 59.7 Å². The second-order valence-corrected chi connectivity index (χ2v) is 10.7. The molecule has 1 heterocycles. The molecule has 9 heteroatoms. The summed E-state index contributed by atoms with van der Waals surface area (Å²) in [7, 11) is -6.69. The first-order chi connectivity index (χ1) is 13.2. The van der Waals surface area contributed by atoms with Crippen LogP contribution >= 0.6 is 0 Å². The van der Waals surface area contributed by atoms with Gasteiger partial charge in [-0.25, -0.2) is 16.8 Å². The largest absolute Gasteiger partial charge is 0.352 e. The minimum Gasteiger partial charge on any atom is -0.352 e. The fourth-order valence-corrected chi connectivity index (χ4v) is 5.46. The third-order valence-electron chi connectivity index (χ3n) is 4.57. The molecule has 0 atom stereocenters. The van der Waals surface area contributed by atoms with E-state index in [-0.39, 0.29) is 23.1 Å². The number of rotatable bonds is 7. The van der Waals surface area contributed by atoms with Gasteiger partial charge in [0.1, 0.15) is 0 Å². The number of sulfone groups is 1. The number of amides is 1. The molecule has 1 aliphatic heterocycles. The van der Waals surface area contributed by atoms with Gasteiger partial charge in [0.05, 0.1) is 22.6 Å². The van der Waals surface area contributed by atoms with E-state index in [1.807, 2.05) is 0 Å². The Labute approximate surface area is 165 Å². The van der Waals surface area contributed by atoms with Crippen molar-refractivity contribution >= 4 is 31.5 Å². The van der Waals surface area contributed by atoms with E-state index in [9.17, 15) is 21.6 Å². The molecule has 3 rings (SSSR count). The molecule has 0 spiro atoms. The van der Waals surface area contributed by atoms with Gasteiger partial charge in [0.2, 0.25) is 10.0 Å². The molecule has 1 N–H and O–H groups in total. The molecule has 1 aliphatic rings. The molecule has 1 amide bonds. The molecule has 0 saturated carbocycles. The number of carbonyl (C=O) groups is 1. The smallest absolute Gasteiger partial charge is 0.251 e. The average Bonchev–Trinajstić information content (AvgIpc) is 3.09. The Hall–Kier alpha value is -2.39. The molecule has 2 aromatic carbocycles. The van der Waals surface area contributed by atoms with Gasteiger partial charge in [-0.1, -0.05) is 18.2 Å². The van der Waals surface area contributed by atoms with Crippen LogP contribution in [0.5, 0.6) is 0 Å². The normalized spacial score (nSPS) is 14.0. The van der Waals surface area contributed by atoms with Crippen molar-refractivity contribution < 1.29 is 21.6 Å². The van der Waals surface area contributed by atoms with Crippen LogP contribution in [0.15, 0.2) is 53.4 Å². The summed E-state index contributed by atoms with van der Waals surface area (Å²) < 4.78 is 49.3. The maximum absolute atomic E-state index is 12.3. The van der Waals surface area contributed by atoms with Crippen LogP contribution in [0, 0.1) is 0 Å². The van der Waals surface area contributed by atoms with E-state index >= 15 is 0 Å². The third kappa shape index (κ3) is 4.53. The number of nitrogens with zero attached hydrogens (tertiary/aromatic N) is 1. The van der Waals surface area contributed by atoms with Crippen LogP contribution in [-0.4, -0.2) is 47.8 Å². The second kappa shape index (κ2) is 7.92. The quantitative estimate of drug-likeness (QED) is 0.683. The summed E-state index contributed by atoms with van der Waals surface area (Å²) in [6, 6.07) is 13.1. The van der Waals surface area contributed by atoms with E-state index in [0.717, 1.165) is 11.8 Å². The molecule has 7 nitrogen and oxygen atoms in total. The lowest BCUT2D eigenvalue weighted by molar-refractivity contribution is 0.0953. The first-order valence-corrected chi connectivity index (χ1v) is 12.4. The lowest BCUT2D eigenvalue weighted by atomic mass is 10.1. The molecule has 0 fully saturated rings. The molecule has 150 valence electrons. The number of anilines is 1. The first kappa shape index (κ1) is 20.3.